The maximum Gasteiger partial charge on any atom is 0.140 e. The summed E-state index contributed by atoms with van der Waals surface area (Å²) in [7, 11) is 0. The van der Waals surface area contributed by atoms with Crippen molar-refractivity contribution in [1.82, 2.24) is 4.98 Å². The Morgan fingerprint density at radius 2 is 2.23 bits per heavy atom. The first kappa shape index (κ1) is 9.99. The molecule has 0 fully saturated rings. The molecule has 72 valence electrons. The number of hydrogen-bond donors (Lipinski definition) is 1. The number of nitrogens with zero attached hydrogens (tertiary/aromatic N) is 1. The van der Waals surface area contributed by atoms with Gasteiger partial charge < -0.3 is 9.84 Å². The molecule has 0 amide bonds. The van der Waals surface area contributed by atoms with Crippen molar-refractivity contribution >= 4 is 0 Å². The summed E-state index contributed by atoms with van der Waals surface area (Å²) in [5.74, 6) is 0.780. The molecule has 0 unspecified atom stereocenters. The van der Waals surface area contributed by atoms with Gasteiger partial charge in [-0.1, -0.05) is 6.92 Å². The minimum Gasteiger partial charge on any atom is -0.489 e. The SMILES string of the molecule is CCc1nc(C)ccc1OCCO. The van der Waals surface area contributed by atoms with Crippen LogP contribution in [0, 0.1) is 6.92 Å². The summed E-state index contributed by atoms with van der Waals surface area (Å²) >= 11 is 0. The number of aromatic nitrogens is 1. The lowest BCUT2D eigenvalue weighted by molar-refractivity contribution is 0.200. The molecule has 0 spiro atoms. The van der Waals surface area contributed by atoms with Gasteiger partial charge in [-0.15, -0.1) is 0 Å². The van der Waals surface area contributed by atoms with Crippen LogP contribution in [0.5, 0.6) is 5.75 Å². The van der Waals surface area contributed by atoms with E-state index in [4.69, 9.17) is 9.84 Å². The highest BCUT2D eigenvalue weighted by molar-refractivity contribution is 5.29. The second-order valence-corrected chi connectivity index (χ2v) is 2.82. The highest BCUT2D eigenvalue weighted by atomic mass is 16.5. The summed E-state index contributed by atoms with van der Waals surface area (Å²) in [6.07, 6.45) is 0.850. The number of aliphatic hydroxyl groups is 1. The summed E-state index contributed by atoms with van der Waals surface area (Å²) < 4.78 is 5.32. The monoisotopic (exact) mass is 181 g/mol. The highest BCUT2D eigenvalue weighted by Gasteiger charge is 2.02. The molecular weight excluding hydrogens is 166 g/mol. The Labute approximate surface area is 78.4 Å². The van der Waals surface area contributed by atoms with Crippen LogP contribution in [-0.2, 0) is 6.42 Å². The van der Waals surface area contributed by atoms with Crippen molar-refractivity contribution in [1.29, 1.82) is 0 Å². The summed E-state index contributed by atoms with van der Waals surface area (Å²) in [6.45, 7) is 4.36. The maximum atomic E-state index is 8.60. The van der Waals surface area contributed by atoms with Crippen LogP contribution in [0.4, 0.5) is 0 Å². The van der Waals surface area contributed by atoms with Gasteiger partial charge in [0.05, 0.1) is 12.3 Å². The molecule has 3 heteroatoms. The van der Waals surface area contributed by atoms with Crippen LogP contribution in [0.1, 0.15) is 18.3 Å². The molecule has 1 heterocycles. The van der Waals surface area contributed by atoms with E-state index in [2.05, 4.69) is 4.98 Å². The molecule has 13 heavy (non-hydrogen) atoms. The molecule has 0 aromatic carbocycles. The van der Waals surface area contributed by atoms with Crippen molar-refractivity contribution in [3.05, 3.63) is 23.5 Å². The molecule has 1 N–H and O–H groups in total. The number of hydrogen-bond acceptors (Lipinski definition) is 3. The van der Waals surface area contributed by atoms with Gasteiger partial charge in [-0.3, -0.25) is 4.98 Å². The van der Waals surface area contributed by atoms with Gasteiger partial charge in [-0.05, 0) is 25.5 Å². The Kier molecular flexibility index (Phi) is 3.71. The van der Waals surface area contributed by atoms with Gasteiger partial charge in [0.1, 0.15) is 12.4 Å². The van der Waals surface area contributed by atoms with Crippen molar-refractivity contribution in [2.45, 2.75) is 20.3 Å². The second kappa shape index (κ2) is 4.82. The number of pyridine rings is 1. The fraction of sp³-hybridized carbons (Fsp3) is 0.500. The molecular formula is C10H15NO2. The van der Waals surface area contributed by atoms with E-state index in [1.54, 1.807) is 0 Å². The van der Waals surface area contributed by atoms with Gasteiger partial charge in [0.25, 0.3) is 0 Å². The van der Waals surface area contributed by atoms with E-state index in [0.717, 1.165) is 23.6 Å². The lowest BCUT2D eigenvalue weighted by Gasteiger charge is -2.08. The molecule has 0 saturated heterocycles. The number of rotatable bonds is 4. The fourth-order valence-corrected chi connectivity index (χ4v) is 1.14. The number of aliphatic hydroxyl groups excluding tert-OH is 1. The third-order valence-corrected chi connectivity index (χ3v) is 1.76. The van der Waals surface area contributed by atoms with E-state index in [-0.39, 0.29) is 6.61 Å². The van der Waals surface area contributed by atoms with Gasteiger partial charge in [0.15, 0.2) is 0 Å². The molecule has 3 nitrogen and oxygen atoms in total. The third kappa shape index (κ3) is 2.70. The predicted octanol–water partition coefficient (Wildman–Crippen LogP) is 1.32. The highest BCUT2D eigenvalue weighted by Crippen LogP contribution is 2.16. The normalized spacial score (nSPS) is 10.1. The minimum absolute atomic E-state index is 0.0387. The van der Waals surface area contributed by atoms with Gasteiger partial charge in [-0.25, -0.2) is 0 Å². The summed E-state index contributed by atoms with van der Waals surface area (Å²) in [5.41, 5.74) is 1.95. The van der Waals surface area contributed by atoms with Crippen LogP contribution in [0.3, 0.4) is 0 Å². The Balaban J connectivity index is 2.79. The van der Waals surface area contributed by atoms with Crippen LogP contribution in [0.25, 0.3) is 0 Å². The van der Waals surface area contributed by atoms with Crippen LogP contribution in [0.2, 0.25) is 0 Å². The first-order chi connectivity index (χ1) is 6.27. The first-order valence-corrected chi connectivity index (χ1v) is 4.48. The van der Waals surface area contributed by atoms with E-state index in [0.29, 0.717) is 6.61 Å². The fourth-order valence-electron chi connectivity index (χ4n) is 1.14. The van der Waals surface area contributed by atoms with Crippen LogP contribution < -0.4 is 4.74 Å². The standard InChI is InChI=1S/C10H15NO2/c1-3-9-10(13-7-6-12)5-4-8(2)11-9/h4-5,12H,3,6-7H2,1-2H3. The van der Waals surface area contributed by atoms with Crippen molar-refractivity contribution in [3.63, 3.8) is 0 Å². The molecule has 0 atom stereocenters. The lowest BCUT2D eigenvalue weighted by Crippen LogP contribution is -2.05. The second-order valence-electron chi connectivity index (χ2n) is 2.82. The molecule has 0 saturated carbocycles. The molecule has 0 bridgehead atoms. The molecule has 0 aliphatic heterocycles. The topological polar surface area (TPSA) is 42.4 Å². The van der Waals surface area contributed by atoms with Gasteiger partial charge >= 0.3 is 0 Å². The van der Waals surface area contributed by atoms with Gasteiger partial charge in [0, 0.05) is 5.69 Å². The van der Waals surface area contributed by atoms with Crippen molar-refractivity contribution in [2.24, 2.45) is 0 Å². The largest absolute Gasteiger partial charge is 0.489 e. The number of aryl methyl sites for hydroxylation is 2. The van der Waals surface area contributed by atoms with E-state index < -0.39 is 0 Å². The Bertz CT molecular complexity index is 274. The number of ether oxygens (including phenoxy) is 1. The zero-order valence-corrected chi connectivity index (χ0v) is 8.08. The zero-order chi connectivity index (χ0) is 9.68. The van der Waals surface area contributed by atoms with Crippen molar-refractivity contribution in [2.75, 3.05) is 13.2 Å². The van der Waals surface area contributed by atoms with E-state index >= 15 is 0 Å². The van der Waals surface area contributed by atoms with Gasteiger partial charge in [-0.2, -0.15) is 0 Å². The predicted molar refractivity (Wildman–Crippen MR) is 50.9 cm³/mol. The van der Waals surface area contributed by atoms with E-state index in [9.17, 15) is 0 Å². The zero-order valence-electron chi connectivity index (χ0n) is 8.08. The van der Waals surface area contributed by atoms with E-state index in [1.807, 2.05) is 26.0 Å². The average molecular weight is 181 g/mol. The van der Waals surface area contributed by atoms with E-state index in [1.165, 1.54) is 0 Å². The minimum atomic E-state index is 0.0387. The van der Waals surface area contributed by atoms with Crippen molar-refractivity contribution < 1.29 is 9.84 Å². The van der Waals surface area contributed by atoms with Crippen LogP contribution >= 0.6 is 0 Å². The Morgan fingerprint density at radius 3 is 2.85 bits per heavy atom. The summed E-state index contributed by atoms with van der Waals surface area (Å²) in [5, 5.41) is 8.60. The smallest absolute Gasteiger partial charge is 0.140 e. The molecule has 0 radical (unpaired) electrons. The molecule has 0 aliphatic rings. The first-order valence-electron chi connectivity index (χ1n) is 4.48. The average Bonchev–Trinajstić information content (AvgIpc) is 2.16. The van der Waals surface area contributed by atoms with Crippen LogP contribution in [0.15, 0.2) is 12.1 Å². The quantitative estimate of drug-likeness (QED) is 0.761. The molecule has 1 aromatic rings. The molecule has 0 aliphatic carbocycles. The third-order valence-electron chi connectivity index (χ3n) is 1.76. The van der Waals surface area contributed by atoms with Gasteiger partial charge in [0.2, 0.25) is 0 Å². The van der Waals surface area contributed by atoms with Crippen LogP contribution in [-0.4, -0.2) is 23.3 Å². The summed E-state index contributed by atoms with van der Waals surface area (Å²) in [6, 6.07) is 3.81. The Morgan fingerprint density at radius 1 is 1.46 bits per heavy atom. The van der Waals surface area contributed by atoms with Crippen molar-refractivity contribution in [3.8, 4) is 5.75 Å². The Hall–Kier alpha value is -1.09. The summed E-state index contributed by atoms with van der Waals surface area (Å²) in [4.78, 5) is 4.34. The molecule has 1 rings (SSSR count). The maximum absolute atomic E-state index is 8.60. The molecule has 1 aromatic heterocycles. The lowest BCUT2D eigenvalue weighted by atomic mass is 10.2.